The number of halogens is 1. The average molecular weight is 190 g/mol. The van der Waals surface area contributed by atoms with Crippen LogP contribution in [0.1, 0.15) is 40.0 Å². The molecule has 0 spiro atoms. The molecule has 0 saturated carbocycles. The van der Waals surface area contributed by atoms with E-state index in [0.717, 1.165) is 12.8 Å². The summed E-state index contributed by atoms with van der Waals surface area (Å²) in [5.74, 6) is -0.763. The van der Waals surface area contributed by atoms with Crippen molar-refractivity contribution in [1.82, 2.24) is 0 Å². The summed E-state index contributed by atoms with van der Waals surface area (Å²) in [6.45, 7) is 5.55. The van der Waals surface area contributed by atoms with Crippen LogP contribution in [0.2, 0.25) is 0 Å². The van der Waals surface area contributed by atoms with Gasteiger partial charge in [0.25, 0.3) is 0 Å². The molecule has 0 aromatic carbocycles. The molecule has 78 valence electrons. The molecule has 0 aromatic heterocycles. The Morgan fingerprint density at radius 2 is 2.08 bits per heavy atom. The number of unbranched alkanes of at least 4 members (excludes halogenated alkanes) is 1. The standard InChI is InChI=1S/C10H19FO2/c1-5-6-7-10(2,3)8(11)9(12)13-4/h8H,5-7H2,1-4H3. The van der Waals surface area contributed by atoms with Crippen molar-refractivity contribution >= 4 is 5.97 Å². The Morgan fingerprint density at radius 3 is 2.46 bits per heavy atom. The number of esters is 1. The van der Waals surface area contributed by atoms with E-state index in [4.69, 9.17) is 0 Å². The number of ether oxygens (including phenoxy) is 1. The summed E-state index contributed by atoms with van der Waals surface area (Å²) in [7, 11) is 1.21. The first-order valence-corrected chi connectivity index (χ1v) is 4.67. The molecule has 0 N–H and O–H groups in total. The van der Waals surface area contributed by atoms with Gasteiger partial charge in [-0.3, -0.25) is 0 Å². The first kappa shape index (κ1) is 12.4. The highest BCUT2D eigenvalue weighted by molar-refractivity contribution is 5.75. The van der Waals surface area contributed by atoms with Gasteiger partial charge in [0, 0.05) is 5.41 Å². The van der Waals surface area contributed by atoms with E-state index in [2.05, 4.69) is 4.74 Å². The van der Waals surface area contributed by atoms with Gasteiger partial charge in [-0.15, -0.1) is 0 Å². The van der Waals surface area contributed by atoms with Crippen molar-refractivity contribution in [2.75, 3.05) is 7.11 Å². The van der Waals surface area contributed by atoms with Gasteiger partial charge in [-0.2, -0.15) is 0 Å². The lowest BCUT2D eigenvalue weighted by molar-refractivity contribution is -0.151. The van der Waals surface area contributed by atoms with Crippen molar-refractivity contribution in [1.29, 1.82) is 0 Å². The summed E-state index contributed by atoms with van der Waals surface area (Å²) in [6.07, 6.45) is 1.14. The number of carbonyl (C=O) groups excluding carboxylic acids is 1. The molecule has 0 fully saturated rings. The number of methoxy groups -OCH3 is 1. The zero-order valence-corrected chi connectivity index (χ0v) is 8.89. The minimum atomic E-state index is -1.51. The summed E-state index contributed by atoms with van der Waals surface area (Å²) < 4.78 is 17.8. The Kier molecular flexibility index (Phi) is 4.96. The van der Waals surface area contributed by atoms with E-state index in [0.29, 0.717) is 6.42 Å². The fourth-order valence-electron chi connectivity index (χ4n) is 1.18. The van der Waals surface area contributed by atoms with Crippen LogP contribution in [0.15, 0.2) is 0 Å². The maximum Gasteiger partial charge on any atom is 0.341 e. The topological polar surface area (TPSA) is 26.3 Å². The van der Waals surface area contributed by atoms with Crippen molar-refractivity contribution in [2.45, 2.75) is 46.2 Å². The molecule has 0 aliphatic carbocycles. The molecule has 0 rings (SSSR count). The molecule has 0 radical (unpaired) electrons. The molecule has 13 heavy (non-hydrogen) atoms. The Hall–Kier alpha value is -0.600. The zero-order valence-electron chi connectivity index (χ0n) is 8.89. The van der Waals surface area contributed by atoms with Crippen molar-refractivity contribution < 1.29 is 13.9 Å². The van der Waals surface area contributed by atoms with Crippen LogP contribution in [0.25, 0.3) is 0 Å². The third-order valence-electron chi connectivity index (χ3n) is 2.27. The van der Waals surface area contributed by atoms with Crippen LogP contribution in [0.5, 0.6) is 0 Å². The molecule has 0 amide bonds. The second-order valence-electron chi connectivity index (χ2n) is 3.98. The Bertz CT molecular complexity index is 166. The number of hydrogen-bond acceptors (Lipinski definition) is 2. The van der Waals surface area contributed by atoms with Crippen LogP contribution < -0.4 is 0 Å². The van der Waals surface area contributed by atoms with Gasteiger partial charge in [-0.25, -0.2) is 9.18 Å². The van der Waals surface area contributed by atoms with E-state index < -0.39 is 17.6 Å². The average Bonchev–Trinajstić information content (AvgIpc) is 2.12. The normalized spacial score (nSPS) is 13.9. The first-order chi connectivity index (χ1) is 5.95. The fraction of sp³-hybridized carbons (Fsp3) is 0.900. The predicted molar refractivity (Wildman–Crippen MR) is 50.2 cm³/mol. The van der Waals surface area contributed by atoms with Crippen LogP contribution in [0.3, 0.4) is 0 Å². The number of rotatable bonds is 5. The monoisotopic (exact) mass is 190 g/mol. The molecular weight excluding hydrogens is 171 g/mol. The maximum atomic E-state index is 13.4. The van der Waals surface area contributed by atoms with Gasteiger partial charge >= 0.3 is 5.97 Å². The molecule has 0 aliphatic heterocycles. The van der Waals surface area contributed by atoms with Crippen molar-refractivity contribution in [2.24, 2.45) is 5.41 Å². The van der Waals surface area contributed by atoms with Gasteiger partial charge in [0.2, 0.25) is 6.17 Å². The van der Waals surface area contributed by atoms with Crippen LogP contribution in [0, 0.1) is 5.41 Å². The highest BCUT2D eigenvalue weighted by atomic mass is 19.1. The van der Waals surface area contributed by atoms with Crippen LogP contribution in [-0.2, 0) is 9.53 Å². The highest BCUT2D eigenvalue weighted by Gasteiger charge is 2.35. The Balaban J connectivity index is 4.17. The SMILES string of the molecule is CCCCC(C)(C)C(F)C(=O)OC. The van der Waals surface area contributed by atoms with Crippen LogP contribution in [0.4, 0.5) is 4.39 Å². The molecule has 1 unspecified atom stereocenters. The van der Waals surface area contributed by atoms with E-state index in [1.165, 1.54) is 7.11 Å². The Labute approximate surface area is 79.5 Å². The molecule has 0 bridgehead atoms. The largest absolute Gasteiger partial charge is 0.467 e. The lowest BCUT2D eigenvalue weighted by Crippen LogP contribution is -2.33. The number of carbonyl (C=O) groups is 1. The molecule has 3 heteroatoms. The lowest BCUT2D eigenvalue weighted by Gasteiger charge is -2.26. The van der Waals surface area contributed by atoms with E-state index in [1.807, 2.05) is 6.92 Å². The van der Waals surface area contributed by atoms with E-state index >= 15 is 0 Å². The summed E-state index contributed by atoms with van der Waals surface area (Å²) in [4.78, 5) is 10.9. The number of hydrogen-bond donors (Lipinski definition) is 0. The fourth-order valence-corrected chi connectivity index (χ4v) is 1.18. The van der Waals surface area contributed by atoms with Gasteiger partial charge in [0.05, 0.1) is 7.11 Å². The quantitative estimate of drug-likeness (QED) is 0.623. The summed E-state index contributed by atoms with van der Waals surface area (Å²) in [5, 5.41) is 0. The first-order valence-electron chi connectivity index (χ1n) is 4.67. The summed E-state index contributed by atoms with van der Waals surface area (Å²) >= 11 is 0. The minimum absolute atomic E-state index is 0.608. The molecule has 0 saturated heterocycles. The van der Waals surface area contributed by atoms with Gasteiger partial charge in [-0.1, -0.05) is 33.6 Å². The lowest BCUT2D eigenvalue weighted by atomic mass is 9.82. The zero-order chi connectivity index (χ0) is 10.5. The second kappa shape index (κ2) is 5.20. The third-order valence-corrected chi connectivity index (χ3v) is 2.27. The van der Waals surface area contributed by atoms with E-state index in [1.54, 1.807) is 13.8 Å². The van der Waals surface area contributed by atoms with Crippen LogP contribution in [-0.4, -0.2) is 19.3 Å². The van der Waals surface area contributed by atoms with Gasteiger partial charge < -0.3 is 4.74 Å². The third kappa shape index (κ3) is 3.75. The molecule has 0 aromatic rings. The molecular formula is C10H19FO2. The minimum Gasteiger partial charge on any atom is -0.467 e. The van der Waals surface area contributed by atoms with Gasteiger partial charge in [-0.05, 0) is 6.42 Å². The van der Waals surface area contributed by atoms with Crippen molar-refractivity contribution in [3.05, 3.63) is 0 Å². The molecule has 0 aliphatic rings. The smallest absolute Gasteiger partial charge is 0.341 e. The van der Waals surface area contributed by atoms with Crippen molar-refractivity contribution in [3.63, 3.8) is 0 Å². The summed E-state index contributed by atoms with van der Waals surface area (Å²) in [6, 6.07) is 0. The highest BCUT2D eigenvalue weighted by Crippen LogP contribution is 2.30. The van der Waals surface area contributed by atoms with Gasteiger partial charge in [0.15, 0.2) is 0 Å². The van der Waals surface area contributed by atoms with Crippen molar-refractivity contribution in [3.8, 4) is 0 Å². The second-order valence-corrected chi connectivity index (χ2v) is 3.98. The molecule has 2 nitrogen and oxygen atoms in total. The Morgan fingerprint density at radius 1 is 1.54 bits per heavy atom. The van der Waals surface area contributed by atoms with E-state index in [-0.39, 0.29) is 0 Å². The predicted octanol–water partition coefficient (Wildman–Crippen LogP) is 2.71. The van der Waals surface area contributed by atoms with E-state index in [9.17, 15) is 9.18 Å². The summed E-state index contributed by atoms with van der Waals surface area (Å²) in [5.41, 5.74) is -0.608. The molecule has 0 heterocycles. The van der Waals surface area contributed by atoms with Gasteiger partial charge in [0.1, 0.15) is 0 Å². The maximum absolute atomic E-state index is 13.4. The number of alkyl halides is 1. The molecule has 1 atom stereocenters. The van der Waals surface area contributed by atoms with Crippen LogP contribution >= 0.6 is 0 Å².